The van der Waals surface area contributed by atoms with Crippen LogP contribution in [-0.4, -0.2) is 163 Å². The fourth-order valence-corrected chi connectivity index (χ4v) is 11.1. The van der Waals surface area contributed by atoms with Crippen molar-refractivity contribution < 1.29 is 62.4 Å². The third-order valence-electron chi connectivity index (χ3n) is 15.8. The van der Waals surface area contributed by atoms with Crippen molar-refractivity contribution in [3.8, 4) is 5.75 Å². The average Bonchev–Trinajstić information content (AvgIpc) is 4.15. The number of anilines is 1. The minimum absolute atomic E-state index is 0.0366. The second kappa shape index (κ2) is 34.6. The molecule has 1 aliphatic heterocycles. The molecule has 2 aromatic carbocycles. The third-order valence-corrected chi connectivity index (χ3v) is 16.3. The molecular weight excluding hydrogens is 1130 g/mol. The number of benzene rings is 2. The number of alkyl halides is 1. The highest BCUT2D eigenvalue weighted by molar-refractivity contribution is 9.09. The Kier molecular flexibility index (Phi) is 28.9. The second-order valence-electron chi connectivity index (χ2n) is 22.6. The summed E-state index contributed by atoms with van der Waals surface area (Å²) in [4.78, 5) is 114. The maximum Gasteiger partial charge on any atom is 0.413 e. The number of ether oxygens (including phenoxy) is 4. The molecule has 1 saturated heterocycles. The van der Waals surface area contributed by atoms with E-state index >= 15 is 0 Å². The number of hydrogen-bond donors (Lipinski definition) is 6. The second-order valence-corrected chi connectivity index (χ2v) is 23.2. The molecule has 11 atom stereocenters. The summed E-state index contributed by atoms with van der Waals surface area (Å²) >= 11 is 3.08. The van der Waals surface area contributed by atoms with Gasteiger partial charge in [-0.3, -0.25) is 33.7 Å². The number of methoxy groups -OCH3 is 2. The van der Waals surface area contributed by atoms with E-state index in [1.165, 1.54) is 38.3 Å². The molecule has 0 aromatic heterocycles. The van der Waals surface area contributed by atoms with Crippen LogP contribution in [-0.2, 0) is 49.6 Å². The number of likely N-dealkylation sites (tertiary alicyclic amines) is 1. The molecule has 22 heteroatoms. The first kappa shape index (κ1) is 69.4. The summed E-state index contributed by atoms with van der Waals surface area (Å²) in [5, 5.41) is 25.1. The molecule has 2 aliphatic rings. The largest absolute Gasteiger partial charge is 0.445 e. The molecule has 6 N–H and O–H groups in total. The predicted octanol–water partition coefficient (Wildman–Crippen LogP) is 7.40. The van der Waals surface area contributed by atoms with Crippen LogP contribution in [0.3, 0.4) is 0 Å². The molecule has 1 aliphatic carbocycles. The maximum absolute atomic E-state index is 14.8. The van der Waals surface area contributed by atoms with Crippen molar-refractivity contribution in [3.05, 3.63) is 71.8 Å². The third kappa shape index (κ3) is 20.6. The fourth-order valence-electron chi connectivity index (χ4n) is 10.9. The highest BCUT2D eigenvalue weighted by atomic mass is 79.9. The van der Waals surface area contributed by atoms with E-state index in [0.29, 0.717) is 36.9 Å². The van der Waals surface area contributed by atoms with Crippen molar-refractivity contribution in [2.45, 2.75) is 181 Å². The monoisotopic (exact) mass is 1220 g/mol. The highest BCUT2D eigenvalue weighted by Crippen LogP contribution is 2.31. The smallest absolute Gasteiger partial charge is 0.413 e. The van der Waals surface area contributed by atoms with Crippen LogP contribution in [0.4, 0.5) is 15.3 Å². The van der Waals surface area contributed by atoms with E-state index in [9.17, 15) is 43.5 Å². The fraction of sp³-hybridized carbons (Fsp3) is 0.639. The Hall–Kier alpha value is -6.10. The van der Waals surface area contributed by atoms with Gasteiger partial charge in [0.25, 0.3) is 0 Å². The number of likely N-dealkylation sites (N-methyl/N-ethyl adjacent to an activating group) is 2. The Bertz CT molecular complexity index is 2480. The van der Waals surface area contributed by atoms with Gasteiger partial charge in [-0.1, -0.05) is 132 Å². The highest BCUT2D eigenvalue weighted by Gasteiger charge is 2.44. The molecule has 2 aromatic rings. The van der Waals surface area contributed by atoms with Gasteiger partial charge in [0.2, 0.25) is 35.4 Å². The molecule has 8 amide bonds. The minimum Gasteiger partial charge on any atom is -0.445 e. The lowest BCUT2D eigenvalue weighted by Gasteiger charge is -2.41. The van der Waals surface area contributed by atoms with E-state index in [4.69, 9.17) is 18.9 Å². The number of aliphatic hydroxyl groups is 1. The summed E-state index contributed by atoms with van der Waals surface area (Å²) in [6.45, 7) is 14.8. The number of allylic oxidation sites excluding steroid dienone is 1. The van der Waals surface area contributed by atoms with Crippen LogP contribution in [0.15, 0.2) is 60.7 Å². The average molecular weight is 1230 g/mol. The van der Waals surface area contributed by atoms with Gasteiger partial charge in [-0.2, -0.15) is 0 Å². The van der Waals surface area contributed by atoms with E-state index < -0.39 is 96.2 Å². The van der Waals surface area contributed by atoms with Gasteiger partial charge in [-0.15, -0.1) is 0 Å². The molecule has 21 nitrogen and oxygen atoms in total. The number of halogens is 1. The summed E-state index contributed by atoms with van der Waals surface area (Å²) in [7, 11) is 6.10. The molecule has 1 unspecified atom stereocenters. The van der Waals surface area contributed by atoms with E-state index in [2.05, 4.69) is 42.5 Å². The van der Waals surface area contributed by atoms with Crippen LogP contribution < -0.4 is 31.3 Å². The number of carbonyl (C=O) groups is 8. The van der Waals surface area contributed by atoms with Gasteiger partial charge in [0.15, 0.2) is 5.75 Å². The van der Waals surface area contributed by atoms with Gasteiger partial charge in [0.05, 0.1) is 65.8 Å². The summed E-state index contributed by atoms with van der Waals surface area (Å²) in [5.74, 6) is -4.01. The standard InChI is InChI=1S/C61H93BrN8O13/c1-13-39(6)54(48(80-11)34-51(73)70-32-22-27-46(70)56(81-12)40(7)57(75)64-41(8)55(74)43-23-18-17-19-24-43)68(9)59(77)52(37(2)3)67-58(76)53(38(4)5)69(10)61(79)82-36-42-28-29-47(45(33-42)66-49(71)30-31-63-50(72)35-62)83-60(78)65-44-25-20-15-14-16-21-26-44/h17-20,23-25,28-29,33,37-41,44,46,48,52-56,74H,13-16,21-22,26-27,30-32,34-36H2,1-12H3,(H,63,72)(H,64,75)(H,65,78)(H,66,71)(H,67,76)/b25-20+/t39-,40+,41+,44?,46-,48+,52-,53-,54-,55+,56+/m0/s1. The molecule has 1 fully saturated rings. The predicted molar refractivity (Wildman–Crippen MR) is 320 cm³/mol. The van der Waals surface area contributed by atoms with Crippen molar-refractivity contribution >= 4 is 69.2 Å². The van der Waals surface area contributed by atoms with Crippen molar-refractivity contribution in [2.24, 2.45) is 23.7 Å². The van der Waals surface area contributed by atoms with Crippen LogP contribution in [0.25, 0.3) is 0 Å². The zero-order valence-corrected chi connectivity index (χ0v) is 52.3. The van der Waals surface area contributed by atoms with Crippen molar-refractivity contribution in [2.75, 3.05) is 52.1 Å². The maximum atomic E-state index is 14.8. The first-order chi connectivity index (χ1) is 39.5. The topological polar surface area (TPSA) is 264 Å². The lowest BCUT2D eigenvalue weighted by atomic mass is 9.89. The molecule has 1 heterocycles. The summed E-state index contributed by atoms with van der Waals surface area (Å²) < 4.78 is 23.5. The molecular formula is C61H93BrN8O13. The van der Waals surface area contributed by atoms with Gasteiger partial charge >= 0.3 is 12.2 Å². The van der Waals surface area contributed by atoms with Gasteiger partial charge in [-0.05, 0) is 80.0 Å². The van der Waals surface area contributed by atoms with Gasteiger partial charge in [-0.25, -0.2) is 9.59 Å². The lowest BCUT2D eigenvalue weighted by molar-refractivity contribution is -0.148. The first-order valence-electron chi connectivity index (χ1n) is 29.2. The Morgan fingerprint density at radius 2 is 1.53 bits per heavy atom. The number of nitrogens with zero attached hydrogens (tertiary/aromatic N) is 3. The van der Waals surface area contributed by atoms with Crippen molar-refractivity contribution in [3.63, 3.8) is 0 Å². The van der Waals surface area contributed by atoms with Crippen molar-refractivity contribution in [1.82, 2.24) is 36.0 Å². The Balaban J connectivity index is 1.46. The van der Waals surface area contributed by atoms with Crippen LogP contribution in [0.5, 0.6) is 5.75 Å². The SMILES string of the molecule is CC[C@H](C)[C@@H]([C@@H](CC(=O)N1CCC[C@H]1[C@H](OC)[C@@H](C)C(=O)N[C@H](C)[C@@H](O)c1ccccc1)OC)N(C)C(=O)[C@@H](NC(=O)[C@H](C(C)C)N(C)C(=O)OCc1ccc(OC(=O)NC2/C=C/CCCCC2)c(NC(=O)CCNC(=O)CBr)c1)C(C)C. The number of carbonyl (C=O) groups excluding carboxylic acids is 8. The van der Waals surface area contributed by atoms with Gasteiger partial charge in [0.1, 0.15) is 18.7 Å². The number of hydrogen-bond acceptors (Lipinski definition) is 13. The molecule has 4 rings (SSSR count). The van der Waals surface area contributed by atoms with Crippen LogP contribution in [0, 0.1) is 23.7 Å². The van der Waals surface area contributed by atoms with E-state index in [0.717, 1.165) is 32.1 Å². The summed E-state index contributed by atoms with van der Waals surface area (Å²) in [6.07, 6.45) is 6.54. The molecule has 0 spiro atoms. The normalized spacial score (nSPS) is 19.0. The Morgan fingerprint density at radius 1 is 0.819 bits per heavy atom. The number of amides is 8. The first-order valence-corrected chi connectivity index (χ1v) is 30.4. The zero-order valence-electron chi connectivity index (χ0n) is 50.7. The van der Waals surface area contributed by atoms with Crippen molar-refractivity contribution in [1.29, 1.82) is 0 Å². The Labute approximate surface area is 499 Å². The summed E-state index contributed by atoms with van der Waals surface area (Å²) in [6, 6.07) is 9.60. The number of rotatable bonds is 29. The van der Waals surface area contributed by atoms with E-state index in [-0.39, 0.29) is 72.4 Å². The van der Waals surface area contributed by atoms with E-state index in [1.54, 1.807) is 76.6 Å². The molecule has 0 radical (unpaired) electrons. The number of nitrogens with one attached hydrogen (secondary N) is 5. The Morgan fingerprint density at radius 3 is 2.17 bits per heavy atom. The molecule has 462 valence electrons. The van der Waals surface area contributed by atoms with Gasteiger partial charge in [0, 0.05) is 47.8 Å². The lowest BCUT2D eigenvalue weighted by Crippen LogP contribution is -2.60. The summed E-state index contributed by atoms with van der Waals surface area (Å²) in [5.41, 5.74) is 1.21. The van der Waals surface area contributed by atoms with Crippen LogP contribution >= 0.6 is 15.9 Å². The van der Waals surface area contributed by atoms with E-state index in [1.807, 2.05) is 44.2 Å². The quantitative estimate of drug-likeness (QED) is 0.0343. The zero-order chi connectivity index (χ0) is 61.5. The van der Waals surface area contributed by atoms with Crippen LogP contribution in [0.2, 0.25) is 0 Å². The van der Waals surface area contributed by atoms with Crippen LogP contribution in [0.1, 0.15) is 137 Å². The minimum atomic E-state index is -1.10. The molecule has 0 saturated carbocycles. The molecule has 83 heavy (non-hydrogen) atoms. The number of aliphatic hydroxyl groups excluding tert-OH is 1. The molecule has 0 bridgehead atoms. The van der Waals surface area contributed by atoms with Gasteiger partial charge < -0.3 is 60.4 Å².